The molecule has 1 saturated carbocycles. The Bertz CT molecular complexity index is 2020. The molecule has 5 rings (SSSR count). The molecule has 4 heterocycles. The summed E-state index contributed by atoms with van der Waals surface area (Å²) in [6.45, 7) is 12.8. The predicted molar refractivity (Wildman–Crippen MR) is 256 cm³/mol. The van der Waals surface area contributed by atoms with Gasteiger partial charge in [0.15, 0.2) is 5.78 Å². The van der Waals surface area contributed by atoms with E-state index in [9.17, 15) is 34.2 Å². The summed E-state index contributed by atoms with van der Waals surface area (Å²) < 4.78 is 31.6. The van der Waals surface area contributed by atoms with Crippen molar-refractivity contribution in [3.8, 4) is 0 Å². The number of aliphatic hydroxyl groups is 2. The molecule has 15 atom stereocenters. The molecule has 3 aliphatic heterocycles. The lowest BCUT2D eigenvalue weighted by atomic mass is 9.77. The minimum absolute atomic E-state index is 0.0170. The lowest BCUT2D eigenvalue weighted by Crippen LogP contribution is -2.61. The summed E-state index contributed by atoms with van der Waals surface area (Å²) in [5, 5.41) is 35.2. The number of carbonyl (C=O) groups is 5. The molecule has 17 heteroatoms. The Kier molecular flexibility index (Phi) is 20.8. The summed E-state index contributed by atoms with van der Waals surface area (Å²) in [7, 11) is 4.62. The Hall–Kier alpha value is -4.26. The highest BCUT2D eigenvalue weighted by Crippen LogP contribution is 2.39. The zero-order chi connectivity index (χ0) is 50.6. The fourth-order valence-electron chi connectivity index (χ4n) is 10.7. The second-order valence-electron chi connectivity index (χ2n) is 20.4. The number of cyclic esters (lactones) is 1. The Morgan fingerprint density at radius 2 is 1.64 bits per heavy atom. The Labute approximate surface area is 408 Å². The molecule has 1 unspecified atom stereocenters. The standard InChI is InChI=1S/C52H79N5O12/c1-31-16-12-11-13-17-32(2)43(65-8)28-39-21-19-37(7)52(64,69-39)49(61)50(62)56-23-15-14-18-41(56)51(63)68-44(34(4)26-38-20-22-40(45(27-38)66-9)57-30-53-54-55-57)29-42(58)33(3)25-36(6)47(60)48(67-10)46(59)35(5)24-31/h11-13,16-17,25,30-31,33-35,37-41,43-45,47-48,60,64H,14-15,18-24,26-29H2,1-10H3/b13-11?,16-12+,32-17?,36-25+/t31-,33-,34-,35-,37-,38+,39+,40+,41+,43+,44?,45-,47-,48+,52-/m1/s1. The van der Waals surface area contributed by atoms with Crippen LogP contribution in [0, 0.1) is 35.5 Å². The van der Waals surface area contributed by atoms with Crippen LogP contribution in [-0.4, -0.2) is 141 Å². The monoisotopic (exact) mass is 966 g/mol. The SMILES string of the molecule is CO[C@H]1C[C@@H]2CC[C@@H](C)[C@@](O)(O2)C(=O)C(=O)N2CCCC[C@H]2C(=O)OC([C@H](C)C[C@@H]2CC[C@H](n3cnnn3)[C@H](OC)C2)CC(=O)[C@H](C)/C=C(\C)[C@@H](O)[C@@H](OC)C(=O)[C@H](C)C[C@H](C)/C=C/C=CC=C1C. The number of rotatable bonds is 7. The first kappa shape index (κ1) is 55.7. The van der Waals surface area contributed by atoms with E-state index in [2.05, 4.69) is 15.5 Å². The van der Waals surface area contributed by atoms with E-state index in [1.54, 1.807) is 52.1 Å². The number of piperidine rings is 1. The molecule has 2 saturated heterocycles. The first-order chi connectivity index (χ1) is 32.8. The van der Waals surface area contributed by atoms with E-state index in [1.165, 1.54) is 12.0 Å². The highest BCUT2D eigenvalue weighted by molar-refractivity contribution is 6.39. The summed E-state index contributed by atoms with van der Waals surface area (Å²) in [6.07, 6.45) is 13.9. The number of esters is 1. The van der Waals surface area contributed by atoms with Crippen molar-refractivity contribution in [1.29, 1.82) is 0 Å². The van der Waals surface area contributed by atoms with E-state index in [0.29, 0.717) is 56.9 Å². The molecule has 2 N–H and O–H groups in total. The van der Waals surface area contributed by atoms with Gasteiger partial charge in [-0.05, 0) is 117 Å². The molecule has 0 radical (unpaired) electrons. The van der Waals surface area contributed by atoms with Crippen molar-refractivity contribution in [2.45, 2.75) is 180 Å². The summed E-state index contributed by atoms with van der Waals surface area (Å²) in [6, 6.07) is -1.19. The number of fused-ring (bicyclic) bond motifs is 3. The van der Waals surface area contributed by atoms with E-state index in [-0.39, 0.29) is 60.9 Å². The number of allylic oxidation sites excluding steroid dienone is 6. The van der Waals surface area contributed by atoms with Gasteiger partial charge in [-0.3, -0.25) is 19.2 Å². The lowest BCUT2D eigenvalue weighted by Gasteiger charge is -2.42. The van der Waals surface area contributed by atoms with E-state index in [4.69, 9.17) is 23.7 Å². The molecule has 1 aromatic rings. The van der Waals surface area contributed by atoms with Crippen LogP contribution in [0.15, 0.2) is 53.9 Å². The van der Waals surface area contributed by atoms with Gasteiger partial charge in [0.25, 0.3) is 11.7 Å². The van der Waals surface area contributed by atoms with Crippen molar-refractivity contribution in [3.05, 3.63) is 53.9 Å². The van der Waals surface area contributed by atoms with Crippen molar-refractivity contribution < 1.29 is 57.9 Å². The van der Waals surface area contributed by atoms with Gasteiger partial charge in [0, 0.05) is 58.5 Å². The molecule has 0 spiro atoms. The first-order valence-corrected chi connectivity index (χ1v) is 25.0. The topological polar surface area (TPSA) is 219 Å². The molecule has 1 aliphatic carbocycles. The average molecular weight is 966 g/mol. The minimum atomic E-state index is -2.43. The number of Topliss-reactive ketones (excluding diaryl/α,β-unsaturated/α-hetero) is 3. The van der Waals surface area contributed by atoms with Gasteiger partial charge >= 0.3 is 5.97 Å². The Morgan fingerprint density at radius 3 is 2.32 bits per heavy atom. The van der Waals surface area contributed by atoms with Crippen molar-refractivity contribution in [1.82, 2.24) is 25.1 Å². The third-order valence-corrected chi connectivity index (χ3v) is 15.2. The Balaban J connectivity index is 1.46. The van der Waals surface area contributed by atoms with Gasteiger partial charge < -0.3 is 38.8 Å². The number of amides is 1. The molecular formula is C52H79N5O12. The van der Waals surface area contributed by atoms with Crippen LogP contribution in [0.4, 0.5) is 0 Å². The van der Waals surface area contributed by atoms with E-state index >= 15 is 0 Å². The van der Waals surface area contributed by atoms with Crippen LogP contribution in [0.1, 0.15) is 132 Å². The molecule has 0 aromatic carbocycles. The van der Waals surface area contributed by atoms with E-state index < -0.39 is 77.8 Å². The number of tetrazole rings is 1. The Morgan fingerprint density at radius 1 is 0.884 bits per heavy atom. The van der Waals surface area contributed by atoms with Gasteiger partial charge in [-0.25, -0.2) is 9.48 Å². The van der Waals surface area contributed by atoms with Gasteiger partial charge in [0.1, 0.15) is 36.5 Å². The van der Waals surface area contributed by atoms with Gasteiger partial charge in [0.2, 0.25) is 5.79 Å². The van der Waals surface area contributed by atoms with Crippen LogP contribution in [0.2, 0.25) is 0 Å². The summed E-state index contributed by atoms with van der Waals surface area (Å²) in [5.41, 5.74) is 1.27. The number of aromatic nitrogens is 4. The highest BCUT2D eigenvalue weighted by Gasteiger charge is 2.53. The fourth-order valence-corrected chi connectivity index (χ4v) is 10.7. The van der Waals surface area contributed by atoms with Crippen molar-refractivity contribution in [2.24, 2.45) is 35.5 Å². The normalized spacial score (nSPS) is 37.5. The van der Waals surface area contributed by atoms with Crippen LogP contribution in [-0.2, 0) is 47.7 Å². The molecule has 2 bridgehead atoms. The summed E-state index contributed by atoms with van der Waals surface area (Å²) in [4.78, 5) is 72.3. The van der Waals surface area contributed by atoms with Gasteiger partial charge in [-0.15, -0.1) is 5.10 Å². The van der Waals surface area contributed by atoms with Gasteiger partial charge in [0.05, 0.1) is 24.4 Å². The zero-order valence-electron chi connectivity index (χ0n) is 42.5. The zero-order valence-corrected chi connectivity index (χ0v) is 42.5. The molecule has 17 nitrogen and oxygen atoms in total. The van der Waals surface area contributed by atoms with Crippen LogP contribution < -0.4 is 0 Å². The van der Waals surface area contributed by atoms with Crippen molar-refractivity contribution in [2.75, 3.05) is 27.9 Å². The molecule has 1 amide bonds. The third kappa shape index (κ3) is 14.2. The maximum Gasteiger partial charge on any atom is 0.329 e. The lowest BCUT2D eigenvalue weighted by molar-refractivity contribution is -0.265. The number of nitrogens with zero attached hydrogens (tertiary/aromatic N) is 5. The maximum atomic E-state index is 14.5. The molecule has 4 aliphatic rings. The second-order valence-corrected chi connectivity index (χ2v) is 20.4. The smallest absolute Gasteiger partial charge is 0.329 e. The molecular weight excluding hydrogens is 887 g/mol. The van der Waals surface area contributed by atoms with E-state index in [0.717, 1.165) is 18.4 Å². The quantitative estimate of drug-likeness (QED) is 0.181. The van der Waals surface area contributed by atoms with Crippen LogP contribution in [0.3, 0.4) is 0 Å². The summed E-state index contributed by atoms with van der Waals surface area (Å²) in [5.74, 6) is -7.92. The number of hydrogen-bond donors (Lipinski definition) is 2. The largest absolute Gasteiger partial charge is 0.460 e. The second kappa shape index (κ2) is 25.7. The minimum Gasteiger partial charge on any atom is -0.460 e. The van der Waals surface area contributed by atoms with Crippen molar-refractivity contribution in [3.63, 3.8) is 0 Å². The van der Waals surface area contributed by atoms with E-state index in [1.807, 2.05) is 58.1 Å². The number of ether oxygens (including phenoxy) is 5. The summed E-state index contributed by atoms with van der Waals surface area (Å²) >= 11 is 0. The molecule has 3 fully saturated rings. The number of ketones is 3. The molecule has 69 heavy (non-hydrogen) atoms. The van der Waals surface area contributed by atoms with Crippen molar-refractivity contribution >= 4 is 29.2 Å². The van der Waals surface area contributed by atoms with Crippen LogP contribution in [0.5, 0.6) is 0 Å². The number of carbonyl (C=O) groups excluding carboxylic acids is 5. The van der Waals surface area contributed by atoms with Crippen LogP contribution >= 0.6 is 0 Å². The highest BCUT2D eigenvalue weighted by atomic mass is 16.6. The van der Waals surface area contributed by atoms with Crippen LogP contribution in [0.25, 0.3) is 0 Å². The number of hydrogen-bond acceptors (Lipinski definition) is 15. The third-order valence-electron chi connectivity index (χ3n) is 15.2. The number of aliphatic hydroxyl groups excluding tert-OH is 1. The average Bonchev–Trinajstić information content (AvgIpc) is 3.88. The molecule has 384 valence electrons. The maximum absolute atomic E-state index is 14.5. The fraction of sp³-hybridized carbons (Fsp3) is 0.731. The first-order valence-electron chi connectivity index (χ1n) is 25.0. The van der Waals surface area contributed by atoms with Gasteiger partial charge in [-0.2, -0.15) is 0 Å². The number of methoxy groups -OCH3 is 3. The molecule has 1 aromatic heterocycles. The predicted octanol–water partition coefficient (Wildman–Crippen LogP) is 6.05. The van der Waals surface area contributed by atoms with Gasteiger partial charge in [-0.1, -0.05) is 71.1 Å².